The molecule has 1 saturated heterocycles. The van der Waals surface area contributed by atoms with E-state index in [2.05, 4.69) is 11.8 Å². The van der Waals surface area contributed by atoms with Gasteiger partial charge in [-0.2, -0.15) is 0 Å². The van der Waals surface area contributed by atoms with Gasteiger partial charge in [0.25, 0.3) is 5.91 Å². The quantitative estimate of drug-likeness (QED) is 0.673. The van der Waals surface area contributed by atoms with Crippen molar-refractivity contribution in [3.63, 3.8) is 0 Å². The number of aliphatic hydroxyl groups is 1. The van der Waals surface area contributed by atoms with E-state index in [0.717, 1.165) is 11.1 Å². The molecule has 1 fully saturated rings. The lowest BCUT2D eigenvalue weighted by molar-refractivity contribution is -0.182. The Morgan fingerprint density at radius 2 is 1.76 bits per heavy atom. The van der Waals surface area contributed by atoms with Crippen molar-refractivity contribution in [2.45, 2.75) is 31.2 Å². The fraction of sp³-hybridized carbons (Fsp3) is 0.286. The maximum absolute atomic E-state index is 12.3. The van der Waals surface area contributed by atoms with E-state index in [4.69, 9.17) is 4.74 Å². The van der Waals surface area contributed by atoms with Gasteiger partial charge in [-0.05, 0) is 17.7 Å². The zero-order valence-electron chi connectivity index (χ0n) is 14.1. The molecule has 1 N–H and O–H groups in total. The van der Waals surface area contributed by atoms with Crippen LogP contribution in [0.5, 0.6) is 0 Å². The molecule has 0 unspecified atom stereocenters. The number of likely N-dealkylation sites (tertiary alicyclic amines) is 1. The highest BCUT2D eigenvalue weighted by molar-refractivity contribution is 5.88. The minimum atomic E-state index is -0.748. The van der Waals surface area contributed by atoms with Crippen LogP contribution in [-0.2, 0) is 16.1 Å². The molecule has 1 aliphatic rings. The fourth-order valence-corrected chi connectivity index (χ4v) is 3.05. The predicted molar refractivity (Wildman–Crippen MR) is 95.5 cm³/mol. The molecule has 25 heavy (non-hydrogen) atoms. The minimum Gasteiger partial charge on any atom is -0.390 e. The average molecular weight is 335 g/mol. The molecule has 0 aromatic heterocycles. The van der Waals surface area contributed by atoms with Gasteiger partial charge < -0.3 is 14.7 Å². The molecule has 4 nitrogen and oxygen atoms in total. The first-order valence-electron chi connectivity index (χ1n) is 8.30. The minimum absolute atomic E-state index is 0.0913. The summed E-state index contributed by atoms with van der Waals surface area (Å²) in [5, 5.41) is 10.5. The van der Waals surface area contributed by atoms with Gasteiger partial charge in [0.05, 0.1) is 12.1 Å². The van der Waals surface area contributed by atoms with E-state index in [1.807, 2.05) is 60.7 Å². The number of hydrogen-bond donors (Lipinski definition) is 1. The summed E-state index contributed by atoms with van der Waals surface area (Å²) >= 11 is 0. The Bertz CT molecular complexity index is 764. The average Bonchev–Trinajstić information content (AvgIpc) is 2.65. The second-order valence-corrected chi connectivity index (χ2v) is 6.04. The van der Waals surface area contributed by atoms with E-state index < -0.39 is 12.2 Å². The molecule has 4 heteroatoms. The largest absolute Gasteiger partial charge is 0.390 e. The van der Waals surface area contributed by atoms with Crippen LogP contribution in [0.25, 0.3) is 0 Å². The summed E-state index contributed by atoms with van der Waals surface area (Å²) < 4.78 is 5.27. The van der Waals surface area contributed by atoms with Gasteiger partial charge in [-0.1, -0.05) is 60.4 Å². The lowest BCUT2D eigenvalue weighted by Crippen LogP contribution is -2.69. The fourth-order valence-electron chi connectivity index (χ4n) is 3.05. The second kappa shape index (κ2) is 7.98. The smallest absolute Gasteiger partial charge is 0.254 e. The van der Waals surface area contributed by atoms with Crippen molar-refractivity contribution < 1.29 is 14.6 Å². The molecule has 2 aromatic carbocycles. The molecule has 128 valence electrons. The van der Waals surface area contributed by atoms with Crippen LogP contribution in [0, 0.1) is 11.8 Å². The summed E-state index contributed by atoms with van der Waals surface area (Å²) in [6, 6.07) is 19.0. The Hall–Kier alpha value is -2.61. The number of rotatable bonds is 5. The van der Waals surface area contributed by atoms with Crippen LogP contribution in [0.2, 0.25) is 0 Å². The molecule has 0 aliphatic carbocycles. The van der Waals surface area contributed by atoms with Gasteiger partial charge in [-0.25, -0.2) is 0 Å². The molecule has 0 spiro atoms. The van der Waals surface area contributed by atoms with Crippen LogP contribution in [0.1, 0.15) is 17.5 Å². The molecule has 1 amide bonds. The summed E-state index contributed by atoms with van der Waals surface area (Å²) in [6.07, 6.45) is -1.06. The van der Waals surface area contributed by atoms with Crippen molar-refractivity contribution in [1.82, 2.24) is 4.90 Å². The van der Waals surface area contributed by atoms with E-state index in [1.165, 1.54) is 7.11 Å². The number of aliphatic hydroxyl groups excluding tert-OH is 1. The number of benzene rings is 2. The Balaban J connectivity index is 1.67. The van der Waals surface area contributed by atoms with E-state index in [-0.39, 0.29) is 18.4 Å². The number of carbonyl (C=O) groups is 1. The molecule has 1 aliphatic heterocycles. The number of methoxy groups -OCH3 is 1. The Morgan fingerprint density at radius 1 is 1.12 bits per heavy atom. The molecule has 3 rings (SSSR count). The van der Waals surface area contributed by atoms with Gasteiger partial charge in [0.2, 0.25) is 0 Å². The molecule has 2 aromatic rings. The maximum atomic E-state index is 12.3. The highest BCUT2D eigenvalue weighted by atomic mass is 16.5. The number of carbonyl (C=O) groups excluding carboxylic acids is 1. The van der Waals surface area contributed by atoms with Crippen LogP contribution in [-0.4, -0.2) is 41.3 Å². The third kappa shape index (κ3) is 3.90. The van der Waals surface area contributed by atoms with Crippen molar-refractivity contribution in [3.05, 3.63) is 71.8 Å². The van der Waals surface area contributed by atoms with Crippen molar-refractivity contribution in [1.29, 1.82) is 0 Å². The molecule has 0 saturated carbocycles. The number of nitrogens with zero attached hydrogens (tertiary/aromatic N) is 1. The van der Waals surface area contributed by atoms with Crippen LogP contribution in [0.15, 0.2) is 60.7 Å². The third-order valence-corrected chi connectivity index (χ3v) is 4.36. The van der Waals surface area contributed by atoms with Gasteiger partial charge in [-0.3, -0.25) is 4.79 Å². The number of amides is 1. The number of β-lactam (4-membered cyclic amide) rings is 1. The van der Waals surface area contributed by atoms with Crippen molar-refractivity contribution in [3.8, 4) is 11.8 Å². The highest BCUT2D eigenvalue weighted by Gasteiger charge is 2.50. The first-order chi connectivity index (χ1) is 12.2. The summed E-state index contributed by atoms with van der Waals surface area (Å²) in [6.45, 7) is 0.466. The van der Waals surface area contributed by atoms with Gasteiger partial charge in [0, 0.05) is 25.6 Å². The maximum Gasteiger partial charge on any atom is 0.254 e. The predicted octanol–water partition coefficient (Wildman–Crippen LogP) is 2.22. The SMILES string of the molecule is CO[C@H]1C(=O)N(Cc2ccccc2)[C@H]1[C@H](O)CC#Cc1ccccc1. The topological polar surface area (TPSA) is 49.8 Å². The van der Waals surface area contributed by atoms with Crippen LogP contribution < -0.4 is 0 Å². The van der Waals surface area contributed by atoms with Crippen molar-refractivity contribution in [2.24, 2.45) is 0 Å². The molecule has 3 atom stereocenters. The first kappa shape index (κ1) is 17.2. The molecular weight excluding hydrogens is 314 g/mol. The second-order valence-electron chi connectivity index (χ2n) is 6.04. The number of hydrogen-bond acceptors (Lipinski definition) is 3. The van der Waals surface area contributed by atoms with Gasteiger partial charge in [0.15, 0.2) is 6.10 Å². The Morgan fingerprint density at radius 3 is 2.40 bits per heavy atom. The molecular formula is C21H21NO3. The summed E-state index contributed by atoms with van der Waals surface area (Å²) in [5.74, 6) is 5.94. The molecule has 0 bridgehead atoms. The van der Waals surface area contributed by atoms with E-state index in [9.17, 15) is 9.90 Å². The Kier molecular flexibility index (Phi) is 5.49. The lowest BCUT2D eigenvalue weighted by atomic mass is 9.90. The highest BCUT2D eigenvalue weighted by Crippen LogP contribution is 2.28. The first-order valence-corrected chi connectivity index (χ1v) is 8.30. The van der Waals surface area contributed by atoms with Gasteiger partial charge in [0.1, 0.15) is 0 Å². The summed E-state index contributed by atoms with van der Waals surface area (Å²) in [4.78, 5) is 13.9. The van der Waals surface area contributed by atoms with Gasteiger partial charge >= 0.3 is 0 Å². The van der Waals surface area contributed by atoms with E-state index >= 15 is 0 Å². The van der Waals surface area contributed by atoms with Crippen molar-refractivity contribution in [2.75, 3.05) is 7.11 Å². The lowest BCUT2D eigenvalue weighted by Gasteiger charge is -2.48. The molecule has 0 radical (unpaired) electrons. The standard InChI is InChI=1S/C21H21NO3/c1-25-20-19(18(23)14-8-13-16-9-4-2-5-10-16)22(21(20)24)15-17-11-6-3-7-12-17/h2-7,9-12,18-20,23H,14-15H2,1H3/t18-,19+,20-/m1/s1. The zero-order chi connectivity index (χ0) is 17.6. The molecule has 1 heterocycles. The van der Waals surface area contributed by atoms with Crippen LogP contribution in [0.4, 0.5) is 0 Å². The van der Waals surface area contributed by atoms with Crippen LogP contribution >= 0.6 is 0 Å². The normalized spacial score (nSPS) is 20.4. The van der Waals surface area contributed by atoms with Crippen molar-refractivity contribution >= 4 is 5.91 Å². The third-order valence-electron chi connectivity index (χ3n) is 4.36. The Labute approximate surface area is 148 Å². The van der Waals surface area contributed by atoms with Crippen LogP contribution in [0.3, 0.4) is 0 Å². The number of ether oxygens (including phenoxy) is 1. The van der Waals surface area contributed by atoms with Gasteiger partial charge in [-0.15, -0.1) is 0 Å². The zero-order valence-corrected chi connectivity index (χ0v) is 14.1. The summed E-state index contributed by atoms with van der Waals surface area (Å²) in [7, 11) is 1.50. The van der Waals surface area contributed by atoms with E-state index in [1.54, 1.807) is 4.90 Å². The van der Waals surface area contributed by atoms with E-state index in [0.29, 0.717) is 6.54 Å². The summed E-state index contributed by atoms with van der Waals surface area (Å²) in [5.41, 5.74) is 1.93. The monoisotopic (exact) mass is 335 g/mol.